The van der Waals surface area contributed by atoms with Gasteiger partial charge in [-0.3, -0.25) is 9.59 Å². The Morgan fingerprint density at radius 2 is 1.81 bits per heavy atom. The number of rotatable bonds is 7. The molecule has 0 bridgehead atoms. The monoisotopic (exact) mass is 435 g/mol. The van der Waals surface area contributed by atoms with Gasteiger partial charge in [0.2, 0.25) is 5.91 Å². The van der Waals surface area contributed by atoms with Crippen LogP contribution in [0.15, 0.2) is 18.3 Å². The Labute approximate surface area is 182 Å². The normalized spacial score (nSPS) is 19.3. The molecule has 2 rings (SSSR count). The largest absolute Gasteiger partial charge is 0.467 e. The van der Waals surface area contributed by atoms with Crippen molar-refractivity contribution in [3.8, 4) is 0 Å². The highest BCUT2D eigenvalue weighted by molar-refractivity contribution is 5.98. The molecule has 0 spiro atoms. The first-order valence-corrected chi connectivity index (χ1v) is 10.4. The van der Waals surface area contributed by atoms with Gasteiger partial charge in [0, 0.05) is 25.8 Å². The molecule has 3 N–H and O–H groups in total. The molecule has 1 aliphatic heterocycles. The third-order valence-electron chi connectivity index (χ3n) is 5.20. The second-order valence-electron chi connectivity index (χ2n) is 8.44. The average Bonchev–Trinajstić information content (AvgIpc) is 3.30. The fourth-order valence-electron chi connectivity index (χ4n) is 3.61. The maximum absolute atomic E-state index is 13.2. The number of ether oxygens (including phenoxy) is 1. The van der Waals surface area contributed by atoms with Crippen LogP contribution in [0, 0.1) is 5.92 Å². The third-order valence-corrected chi connectivity index (χ3v) is 5.20. The smallest absolute Gasteiger partial charge is 0.328 e. The minimum Gasteiger partial charge on any atom is -0.467 e. The zero-order chi connectivity index (χ0) is 23.3. The molecule has 1 aromatic heterocycles. The quantitative estimate of drug-likeness (QED) is 0.543. The molecule has 31 heavy (non-hydrogen) atoms. The third kappa shape index (κ3) is 5.99. The van der Waals surface area contributed by atoms with Crippen molar-refractivity contribution in [2.24, 2.45) is 13.0 Å². The van der Waals surface area contributed by atoms with Gasteiger partial charge in [0.15, 0.2) is 0 Å². The van der Waals surface area contributed by atoms with Gasteiger partial charge in [-0.15, -0.1) is 0 Å². The van der Waals surface area contributed by atoms with Crippen molar-refractivity contribution in [3.63, 3.8) is 0 Å². The molecular weight excluding hydrogens is 402 g/mol. The summed E-state index contributed by atoms with van der Waals surface area (Å²) in [5, 5.41) is 8.29. The summed E-state index contributed by atoms with van der Waals surface area (Å²) < 4.78 is 6.47. The Balaban J connectivity index is 2.23. The molecule has 10 nitrogen and oxygen atoms in total. The highest BCUT2D eigenvalue weighted by Gasteiger charge is 2.42. The molecule has 4 amide bonds. The second-order valence-corrected chi connectivity index (χ2v) is 8.44. The van der Waals surface area contributed by atoms with Crippen LogP contribution in [0.4, 0.5) is 4.79 Å². The number of nitrogens with zero attached hydrogens (tertiary/aromatic N) is 2. The number of urea groups is 1. The lowest BCUT2D eigenvalue weighted by Crippen LogP contribution is -2.52. The zero-order valence-electron chi connectivity index (χ0n) is 19.0. The van der Waals surface area contributed by atoms with Crippen molar-refractivity contribution >= 4 is 23.8 Å². The van der Waals surface area contributed by atoms with Crippen LogP contribution < -0.4 is 16.0 Å². The highest BCUT2D eigenvalue weighted by Crippen LogP contribution is 2.22. The van der Waals surface area contributed by atoms with E-state index in [2.05, 4.69) is 16.0 Å². The first kappa shape index (κ1) is 24.2. The van der Waals surface area contributed by atoms with E-state index in [0.29, 0.717) is 5.69 Å². The fraction of sp³-hybridized carbons (Fsp3) is 0.619. The van der Waals surface area contributed by atoms with E-state index in [-0.39, 0.29) is 36.9 Å². The summed E-state index contributed by atoms with van der Waals surface area (Å²) in [6.07, 6.45) is 1.98. The van der Waals surface area contributed by atoms with Gasteiger partial charge in [0.25, 0.3) is 5.91 Å². The van der Waals surface area contributed by atoms with Crippen molar-refractivity contribution in [3.05, 3.63) is 24.0 Å². The molecule has 0 radical (unpaired) electrons. The van der Waals surface area contributed by atoms with Crippen LogP contribution in [0.2, 0.25) is 0 Å². The summed E-state index contributed by atoms with van der Waals surface area (Å²) >= 11 is 0. The number of aromatic nitrogens is 1. The van der Waals surface area contributed by atoms with E-state index in [1.54, 1.807) is 43.8 Å². The summed E-state index contributed by atoms with van der Waals surface area (Å²) in [6.45, 7) is 7.45. The highest BCUT2D eigenvalue weighted by atomic mass is 16.5. The summed E-state index contributed by atoms with van der Waals surface area (Å²) in [4.78, 5) is 51.9. The maximum Gasteiger partial charge on any atom is 0.328 e. The van der Waals surface area contributed by atoms with Crippen molar-refractivity contribution in [2.45, 2.75) is 58.3 Å². The van der Waals surface area contributed by atoms with E-state index in [4.69, 9.17) is 4.74 Å². The van der Waals surface area contributed by atoms with Crippen LogP contribution in [0.5, 0.6) is 0 Å². The number of hydrogen-bond donors (Lipinski definition) is 3. The second kappa shape index (κ2) is 10.3. The topological polar surface area (TPSA) is 122 Å². The Kier molecular flexibility index (Phi) is 8.07. The number of amides is 4. The molecule has 0 saturated carbocycles. The molecule has 1 saturated heterocycles. The minimum absolute atomic E-state index is 0.0477. The number of methoxy groups -OCH3 is 1. The zero-order valence-corrected chi connectivity index (χ0v) is 19.0. The molecule has 2 heterocycles. The first-order valence-electron chi connectivity index (χ1n) is 10.4. The number of aryl methyl sites for hydroxylation is 1. The lowest BCUT2D eigenvalue weighted by atomic mass is 10.0. The predicted molar refractivity (Wildman–Crippen MR) is 114 cm³/mol. The van der Waals surface area contributed by atoms with Gasteiger partial charge in [-0.2, -0.15) is 0 Å². The minimum atomic E-state index is -0.836. The average molecular weight is 436 g/mol. The molecule has 172 valence electrons. The number of likely N-dealkylation sites (tertiary alicyclic amines) is 1. The fourth-order valence-corrected chi connectivity index (χ4v) is 3.61. The molecular formula is C21H33N5O5. The van der Waals surface area contributed by atoms with Crippen LogP contribution in [-0.2, 0) is 21.4 Å². The van der Waals surface area contributed by atoms with Gasteiger partial charge in [-0.25, -0.2) is 9.59 Å². The van der Waals surface area contributed by atoms with E-state index in [9.17, 15) is 19.2 Å². The molecule has 3 atom stereocenters. The Bertz CT molecular complexity index is 819. The first-order chi connectivity index (χ1) is 14.5. The van der Waals surface area contributed by atoms with Crippen LogP contribution in [0.3, 0.4) is 0 Å². The summed E-state index contributed by atoms with van der Waals surface area (Å²) in [7, 11) is 3.01. The van der Waals surface area contributed by atoms with E-state index < -0.39 is 30.0 Å². The predicted octanol–water partition coefficient (Wildman–Crippen LogP) is 0.630. The standard InChI is InChI=1S/C21H33N5O5/c1-12(2)17(20(29)31-6)24-18(27)16-10-14(23-21(30)22-13(3)4)11-26(16)19(28)15-8-7-9-25(15)5/h7-9,12-14,16-17H,10-11H2,1-6H3,(H,24,27)(H2,22,23,30). The van der Waals surface area contributed by atoms with E-state index in [0.717, 1.165) is 0 Å². The van der Waals surface area contributed by atoms with Gasteiger partial charge in [0.05, 0.1) is 13.2 Å². The van der Waals surface area contributed by atoms with Crippen LogP contribution in [0.25, 0.3) is 0 Å². The van der Waals surface area contributed by atoms with Gasteiger partial charge >= 0.3 is 12.0 Å². The van der Waals surface area contributed by atoms with E-state index in [1.165, 1.54) is 12.0 Å². The summed E-state index contributed by atoms with van der Waals surface area (Å²) in [6, 6.07) is 0.939. The summed E-state index contributed by atoms with van der Waals surface area (Å²) in [5.41, 5.74) is 0.429. The lowest BCUT2D eigenvalue weighted by Gasteiger charge is -2.27. The van der Waals surface area contributed by atoms with Crippen molar-refractivity contribution in [2.75, 3.05) is 13.7 Å². The van der Waals surface area contributed by atoms with Crippen molar-refractivity contribution in [1.29, 1.82) is 0 Å². The molecule has 0 aromatic carbocycles. The van der Waals surface area contributed by atoms with Crippen molar-refractivity contribution < 1.29 is 23.9 Å². The Hall–Kier alpha value is -3.04. The molecule has 1 aromatic rings. The van der Waals surface area contributed by atoms with Crippen molar-refractivity contribution in [1.82, 2.24) is 25.4 Å². The molecule has 1 fully saturated rings. The maximum atomic E-state index is 13.2. The van der Waals surface area contributed by atoms with Crippen LogP contribution in [-0.4, -0.2) is 71.1 Å². The lowest BCUT2D eigenvalue weighted by molar-refractivity contribution is -0.146. The van der Waals surface area contributed by atoms with Crippen LogP contribution >= 0.6 is 0 Å². The number of hydrogen-bond acceptors (Lipinski definition) is 5. The van der Waals surface area contributed by atoms with E-state index in [1.807, 2.05) is 13.8 Å². The number of nitrogens with one attached hydrogen (secondary N) is 3. The van der Waals surface area contributed by atoms with Gasteiger partial charge < -0.3 is 30.2 Å². The van der Waals surface area contributed by atoms with Gasteiger partial charge in [-0.1, -0.05) is 13.8 Å². The number of carbonyl (C=O) groups excluding carboxylic acids is 4. The van der Waals surface area contributed by atoms with Gasteiger partial charge in [-0.05, 0) is 38.3 Å². The molecule has 0 aliphatic carbocycles. The van der Waals surface area contributed by atoms with Crippen LogP contribution in [0.1, 0.15) is 44.6 Å². The summed E-state index contributed by atoms with van der Waals surface area (Å²) in [5.74, 6) is -1.52. The molecule has 1 aliphatic rings. The van der Waals surface area contributed by atoms with E-state index >= 15 is 0 Å². The SMILES string of the molecule is COC(=O)C(NC(=O)C1CC(NC(=O)NC(C)C)CN1C(=O)c1cccn1C)C(C)C. The molecule has 3 unspecified atom stereocenters. The Morgan fingerprint density at radius 1 is 1.13 bits per heavy atom. The Morgan fingerprint density at radius 3 is 2.32 bits per heavy atom. The number of esters is 1. The molecule has 10 heteroatoms. The number of carbonyl (C=O) groups is 4. The van der Waals surface area contributed by atoms with Gasteiger partial charge in [0.1, 0.15) is 17.8 Å².